The molecule has 0 amide bonds. The van der Waals surface area contributed by atoms with Gasteiger partial charge in [0.05, 0.1) is 12.7 Å². The second-order valence-corrected chi connectivity index (χ2v) is 6.75. The Morgan fingerprint density at radius 3 is 2.76 bits per heavy atom. The smallest absolute Gasteiger partial charge is 0.0702 e. The molecule has 1 aliphatic carbocycles. The number of hydrogen-bond acceptors (Lipinski definition) is 4. The Hall–Kier alpha value is -0.160. The van der Waals surface area contributed by atoms with Gasteiger partial charge >= 0.3 is 0 Å². The summed E-state index contributed by atoms with van der Waals surface area (Å²) in [4.78, 5) is 2.53. The fraction of sp³-hybridized carbons (Fsp3) is 1.00. The average Bonchev–Trinajstić information content (AvgIpc) is 3.14. The number of aliphatic hydroxyl groups is 1. The molecule has 1 aliphatic heterocycles. The maximum absolute atomic E-state index is 9.87. The summed E-state index contributed by atoms with van der Waals surface area (Å²) >= 11 is 0. The second-order valence-electron chi connectivity index (χ2n) is 6.75. The summed E-state index contributed by atoms with van der Waals surface area (Å²) in [7, 11) is 0. The van der Waals surface area contributed by atoms with Crippen molar-refractivity contribution in [3.8, 4) is 0 Å². The molecule has 1 saturated heterocycles. The lowest BCUT2D eigenvalue weighted by molar-refractivity contribution is 0.0672. The van der Waals surface area contributed by atoms with E-state index in [0.29, 0.717) is 12.0 Å². The largest absolute Gasteiger partial charge is 0.394 e. The Labute approximate surface area is 130 Å². The van der Waals surface area contributed by atoms with E-state index >= 15 is 0 Å². The van der Waals surface area contributed by atoms with Crippen LogP contribution in [-0.4, -0.2) is 61.0 Å². The lowest BCUT2D eigenvalue weighted by Crippen LogP contribution is -2.52. The fourth-order valence-corrected chi connectivity index (χ4v) is 4.21. The number of nitrogens with zero attached hydrogens (tertiary/aromatic N) is 1. The Balaban J connectivity index is 1.81. The Morgan fingerprint density at radius 1 is 1.29 bits per heavy atom. The number of aliphatic hydroxyl groups excluding tert-OH is 1. The van der Waals surface area contributed by atoms with Crippen molar-refractivity contribution in [3.05, 3.63) is 0 Å². The summed E-state index contributed by atoms with van der Waals surface area (Å²) in [6.45, 7) is 9.87. The summed E-state index contributed by atoms with van der Waals surface area (Å²) in [6.07, 6.45) is 7.70. The number of likely N-dealkylation sites (N-methyl/N-ethyl adjacent to an activating group) is 2. The molecule has 2 N–H and O–H groups in total. The van der Waals surface area contributed by atoms with Crippen LogP contribution in [0.3, 0.4) is 0 Å². The predicted octanol–water partition coefficient (Wildman–Crippen LogP) is 2.02. The molecule has 0 radical (unpaired) electrons. The zero-order chi connectivity index (χ0) is 15.1. The third kappa shape index (κ3) is 4.41. The molecule has 0 aromatic rings. The SMILES string of the molecule is CCNC1(CO)CCCC1CCN(CC)CC1CCCO1. The summed E-state index contributed by atoms with van der Waals surface area (Å²) < 4.78 is 5.76. The molecule has 2 fully saturated rings. The van der Waals surface area contributed by atoms with E-state index in [0.717, 1.165) is 39.2 Å². The Bertz CT molecular complexity index is 295. The van der Waals surface area contributed by atoms with Gasteiger partial charge in [-0.3, -0.25) is 0 Å². The zero-order valence-electron chi connectivity index (χ0n) is 13.9. The van der Waals surface area contributed by atoms with Gasteiger partial charge in [0.2, 0.25) is 0 Å². The van der Waals surface area contributed by atoms with Crippen molar-refractivity contribution < 1.29 is 9.84 Å². The molecule has 0 bridgehead atoms. The highest BCUT2D eigenvalue weighted by Crippen LogP contribution is 2.37. The quantitative estimate of drug-likeness (QED) is 0.683. The molecule has 3 atom stereocenters. The van der Waals surface area contributed by atoms with Crippen LogP contribution in [0.5, 0.6) is 0 Å². The summed E-state index contributed by atoms with van der Waals surface area (Å²) in [6, 6.07) is 0. The Morgan fingerprint density at radius 2 is 2.14 bits per heavy atom. The van der Waals surface area contributed by atoms with Crippen LogP contribution < -0.4 is 5.32 Å². The molecular formula is C17H34N2O2. The van der Waals surface area contributed by atoms with Crippen molar-refractivity contribution in [2.24, 2.45) is 5.92 Å². The fourth-order valence-electron chi connectivity index (χ4n) is 4.21. The maximum Gasteiger partial charge on any atom is 0.0702 e. The van der Waals surface area contributed by atoms with E-state index in [4.69, 9.17) is 4.74 Å². The highest BCUT2D eigenvalue weighted by Gasteiger charge is 2.41. The highest BCUT2D eigenvalue weighted by atomic mass is 16.5. The Kier molecular flexibility index (Phi) is 6.93. The molecule has 0 aromatic carbocycles. The molecule has 2 aliphatic rings. The molecule has 0 spiro atoms. The summed E-state index contributed by atoms with van der Waals surface area (Å²) in [5, 5.41) is 13.5. The van der Waals surface area contributed by atoms with Crippen molar-refractivity contribution in [1.82, 2.24) is 10.2 Å². The molecule has 1 heterocycles. The van der Waals surface area contributed by atoms with Gasteiger partial charge in [-0.05, 0) is 57.7 Å². The van der Waals surface area contributed by atoms with Crippen molar-refractivity contribution in [1.29, 1.82) is 0 Å². The summed E-state index contributed by atoms with van der Waals surface area (Å²) in [5.41, 5.74) is -0.0159. The number of rotatable bonds is 9. The molecule has 21 heavy (non-hydrogen) atoms. The van der Waals surface area contributed by atoms with E-state index < -0.39 is 0 Å². The van der Waals surface area contributed by atoms with Crippen molar-refractivity contribution in [3.63, 3.8) is 0 Å². The van der Waals surface area contributed by atoms with Crippen LogP contribution in [0.4, 0.5) is 0 Å². The maximum atomic E-state index is 9.87. The van der Waals surface area contributed by atoms with Gasteiger partial charge in [-0.2, -0.15) is 0 Å². The van der Waals surface area contributed by atoms with E-state index in [2.05, 4.69) is 24.1 Å². The third-order valence-corrected chi connectivity index (χ3v) is 5.49. The third-order valence-electron chi connectivity index (χ3n) is 5.49. The molecule has 0 aromatic heterocycles. The lowest BCUT2D eigenvalue weighted by Gasteiger charge is -2.36. The van der Waals surface area contributed by atoms with Crippen LogP contribution in [0.2, 0.25) is 0 Å². The van der Waals surface area contributed by atoms with E-state index in [-0.39, 0.29) is 12.1 Å². The standard InChI is InChI=1S/C17H34N2O2/c1-3-18-17(14-20)10-5-7-15(17)9-11-19(4-2)13-16-8-6-12-21-16/h15-16,18,20H,3-14H2,1-2H3. The normalized spacial score (nSPS) is 33.1. The minimum Gasteiger partial charge on any atom is -0.394 e. The molecule has 1 saturated carbocycles. The first-order valence-corrected chi connectivity index (χ1v) is 8.94. The van der Waals surface area contributed by atoms with Gasteiger partial charge in [0, 0.05) is 18.7 Å². The minimum absolute atomic E-state index is 0.0159. The van der Waals surface area contributed by atoms with Gasteiger partial charge in [0.15, 0.2) is 0 Å². The van der Waals surface area contributed by atoms with Crippen LogP contribution in [0, 0.1) is 5.92 Å². The van der Waals surface area contributed by atoms with E-state index in [1.54, 1.807) is 0 Å². The first-order chi connectivity index (χ1) is 10.2. The van der Waals surface area contributed by atoms with Crippen LogP contribution in [0.15, 0.2) is 0 Å². The zero-order valence-corrected chi connectivity index (χ0v) is 13.9. The molecule has 4 nitrogen and oxygen atoms in total. The van der Waals surface area contributed by atoms with E-state index in [1.165, 1.54) is 32.1 Å². The van der Waals surface area contributed by atoms with Crippen molar-refractivity contribution >= 4 is 0 Å². The molecular weight excluding hydrogens is 264 g/mol. The van der Waals surface area contributed by atoms with Crippen LogP contribution in [0.25, 0.3) is 0 Å². The first kappa shape index (κ1) is 17.2. The van der Waals surface area contributed by atoms with Gasteiger partial charge in [0.25, 0.3) is 0 Å². The van der Waals surface area contributed by atoms with Crippen LogP contribution in [-0.2, 0) is 4.74 Å². The van der Waals surface area contributed by atoms with Gasteiger partial charge in [-0.15, -0.1) is 0 Å². The van der Waals surface area contributed by atoms with Crippen molar-refractivity contribution in [2.45, 2.75) is 64.0 Å². The molecule has 4 heteroatoms. The van der Waals surface area contributed by atoms with Crippen molar-refractivity contribution in [2.75, 3.05) is 39.4 Å². The first-order valence-electron chi connectivity index (χ1n) is 8.94. The molecule has 3 unspecified atom stereocenters. The van der Waals surface area contributed by atoms with Crippen LogP contribution >= 0.6 is 0 Å². The van der Waals surface area contributed by atoms with Gasteiger partial charge in [-0.1, -0.05) is 20.3 Å². The van der Waals surface area contributed by atoms with Gasteiger partial charge < -0.3 is 20.1 Å². The predicted molar refractivity (Wildman–Crippen MR) is 86.5 cm³/mol. The molecule has 2 rings (SSSR count). The lowest BCUT2D eigenvalue weighted by atomic mass is 9.85. The molecule has 124 valence electrons. The van der Waals surface area contributed by atoms with Crippen LogP contribution in [0.1, 0.15) is 52.4 Å². The van der Waals surface area contributed by atoms with E-state index in [9.17, 15) is 5.11 Å². The number of ether oxygens (including phenoxy) is 1. The van der Waals surface area contributed by atoms with Gasteiger partial charge in [0.1, 0.15) is 0 Å². The van der Waals surface area contributed by atoms with E-state index in [1.807, 2.05) is 0 Å². The minimum atomic E-state index is -0.0159. The topological polar surface area (TPSA) is 44.7 Å². The summed E-state index contributed by atoms with van der Waals surface area (Å²) in [5.74, 6) is 0.612. The van der Waals surface area contributed by atoms with Gasteiger partial charge in [-0.25, -0.2) is 0 Å². The highest BCUT2D eigenvalue weighted by molar-refractivity contribution is 4.98. The number of hydrogen-bond donors (Lipinski definition) is 2. The average molecular weight is 298 g/mol. The monoisotopic (exact) mass is 298 g/mol. The second kappa shape index (κ2) is 8.47. The number of nitrogens with one attached hydrogen (secondary N) is 1.